The van der Waals surface area contributed by atoms with Crippen molar-refractivity contribution in [1.82, 2.24) is 10.6 Å². The highest BCUT2D eigenvalue weighted by atomic mass is 80.0. The second kappa shape index (κ2) is 8.39. The molecule has 1 aromatic rings. The Morgan fingerprint density at radius 1 is 1.26 bits per heavy atom. The molecule has 0 fully saturated rings. The molecule has 0 saturated carbocycles. The van der Waals surface area contributed by atoms with E-state index in [2.05, 4.69) is 65.3 Å². The standard InChI is InChI=1S/C13H17Br3N2O/c1-2-3-9-17-12(13(14,15)16)18-11(19)10-7-5-4-6-8-10/h4-8,12,17H,2-3,9H2,1H3,(H,18,19)/t12-/m0/s1. The molecular formula is C13H17Br3N2O. The molecule has 19 heavy (non-hydrogen) atoms. The monoisotopic (exact) mass is 454 g/mol. The van der Waals surface area contributed by atoms with Crippen LogP contribution >= 0.6 is 47.8 Å². The zero-order valence-electron chi connectivity index (χ0n) is 10.6. The number of carbonyl (C=O) groups is 1. The fourth-order valence-electron chi connectivity index (χ4n) is 1.48. The quantitative estimate of drug-likeness (QED) is 0.386. The molecule has 0 radical (unpaired) electrons. The van der Waals surface area contributed by atoms with Gasteiger partial charge in [-0.3, -0.25) is 10.1 Å². The van der Waals surface area contributed by atoms with Gasteiger partial charge < -0.3 is 5.32 Å². The van der Waals surface area contributed by atoms with Crippen molar-refractivity contribution in [1.29, 1.82) is 0 Å². The summed E-state index contributed by atoms with van der Waals surface area (Å²) in [7, 11) is 0. The Bertz CT molecular complexity index is 393. The van der Waals surface area contributed by atoms with E-state index in [0.717, 1.165) is 19.4 Å². The van der Waals surface area contributed by atoms with E-state index in [4.69, 9.17) is 0 Å². The van der Waals surface area contributed by atoms with E-state index in [1.54, 1.807) is 12.1 Å². The molecule has 0 spiro atoms. The van der Waals surface area contributed by atoms with Gasteiger partial charge in [0.25, 0.3) is 5.91 Å². The molecule has 6 heteroatoms. The highest BCUT2D eigenvalue weighted by molar-refractivity contribution is 9.39. The van der Waals surface area contributed by atoms with Gasteiger partial charge in [0.1, 0.15) is 6.17 Å². The van der Waals surface area contributed by atoms with Crippen molar-refractivity contribution >= 4 is 53.7 Å². The second-order valence-electron chi connectivity index (χ2n) is 4.12. The van der Waals surface area contributed by atoms with Crippen LogP contribution in [-0.4, -0.2) is 20.8 Å². The second-order valence-corrected chi connectivity index (χ2v) is 11.1. The van der Waals surface area contributed by atoms with Crippen LogP contribution < -0.4 is 10.6 Å². The summed E-state index contributed by atoms with van der Waals surface area (Å²) in [5.74, 6) is -0.114. The number of nitrogens with one attached hydrogen (secondary N) is 2. The summed E-state index contributed by atoms with van der Waals surface area (Å²) in [6.07, 6.45) is 1.89. The van der Waals surface area contributed by atoms with Gasteiger partial charge in [-0.25, -0.2) is 0 Å². The molecule has 0 saturated heterocycles. The lowest BCUT2D eigenvalue weighted by Crippen LogP contribution is -2.53. The number of rotatable bonds is 6. The van der Waals surface area contributed by atoms with E-state index in [-0.39, 0.29) is 12.1 Å². The molecule has 0 aromatic heterocycles. The van der Waals surface area contributed by atoms with Crippen molar-refractivity contribution in [2.45, 2.75) is 28.1 Å². The van der Waals surface area contributed by atoms with Crippen LogP contribution in [0.15, 0.2) is 30.3 Å². The number of hydrogen-bond acceptors (Lipinski definition) is 2. The fraction of sp³-hybridized carbons (Fsp3) is 0.462. The molecule has 0 heterocycles. The average Bonchev–Trinajstić information content (AvgIpc) is 2.37. The lowest BCUT2D eigenvalue weighted by Gasteiger charge is -2.27. The van der Waals surface area contributed by atoms with E-state index < -0.39 is 2.14 Å². The van der Waals surface area contributed by atoms with Crippen LogP contribution in [0, 0.1) is 0 Å². The van der Waals surface area contributed by atoms with Gasteiger partial charge in [0.15, 0.2) is 2.14 Å². The smallest absolute Gasteiger partial charge is 0.252 e. The molecule has 1 amide bonds. The SMILES string of the molecule is CCCCN[C@@H](NC(=O)c1ccccc1)C(Br)(Br)Br. The Kier molecular flexibility index (Phi) is 7.57. The summed E-state index contributed by atoms with van der Waals surface area (Å²) in [6, 6.07) is 9.15. The van der Waals surface area contributed by atoms with Gasteiger partial charge in [0, 0.05) is 5.56 Å². The maximum atomic E-state index is 12.1. The van der Waals surface area contributed by atoms with Gasteiger partial charge >= 0.3 is 0 Å². The third kappa shape index (κ3) is 6.38. The lowest BCUT2D eigenvalue weighted by molar-refractivity contribution is 0.0932. The Hall–Kier alpha value is 0.0900. The molecule has 0 aliphatic heterocycles. The van der Waals surface area contributed by atoms with E-state index in [1.807, 2.05) is 18.2 Å². The molecule has 1 rings (SSSR count). The maximum Gasteiger partial charge on any atom is 0.252 e. The summed E-state index contributed by atoms with van der Waals surface area (Å²) in [5, 5.41) is 6.23. The lowest BCUT2D eigenvalue weighted by atomic mass is 10.2. The predicted octanol–water partition coefficient (Wildman–Crippen LogP) is 3.97. The first-order chi connectivity index (χ1) is 8.95. The first kappa shape index (κ1) is 17.1. The minimum atomic E-state index is -0.578. The van der Waals surface area contributed by atoms with Crippen LogP contribution in [0.1, 0.15) is 30.1 Å². The summed E-state index contributed by atoms with van der Waals surface area (Å²) in [4.78, 5) is 12.1. The molecule has 3 nitrogen and oxygen atoms in total. The van der Waals surface area contributed by atoms with Crippen molar-refractivity contribution in [2.75, 3.05) is 6.54 Å². The van der Waals surface area contributed by atoms with Gasteiger partial charge in [-0.1, -0.05) is 79.3 Å². The first-order valence-electron chi connectivity index (χ1n) is 6.11. The van der Waals surface area contributed by atoms with Crippen LogP contribution in [0.2, 0.25) is 0 Å². The molecule has 0 aliphatic rings. The van der Waals surface area contributed by atoms with Crippen molar-refractivity contribution in [3.8, 4) is 0 Å². The van der Waals surface area contributed by atoms with Crippen LogP contribution in [0.3, 0.4) is 0 Å². The van der Waals surface area contributed by atoms with Gasteiger partial charge in [-0.05, 0) is 25.1 Å². The minimum absolute atomic E-state index is 0.114. The maximum absolute atomic E-state index is 12.1. The molecule has 0 unspecified atom stereocenters. The van der Waals surface area contributed by atoms with Crippen molar-refractivity contribution in [3.63, 3.8) is 0 Å². The molecule has 106 valence electrons. The molecule has 2 N–H and O–H groups in total. The molecule has 1 atom stereocenters. The largest absolute Gasteiger partial charge is 0.334 e. The zero-order chi connectivity index (χ0) is 14.3. The zero-order valence-corrected chi connectivity index (χ0v) is 15.4. The van der Waals surface area contributed by atoms with Crippen molar-refractivity contribution < 1.29 is 4.79 Å². The number of hydrogen-bond donors (Lipinski definition) is 2. The number of carbonyl (C=O) groups excluding carboxylic acids is 1. The van der Waals surface area contributed by atoms with Gasteiger partial charge in [-0.15, -0.1) is 0 Å². The molecule has 1 aromatic carbocycles. The molecule has 0 aliphatic carbocycles. The van der Waals surface area contributed by atoms with E-state index in [0.29, 0.717) is 5.56 Å². The molecular weight excluding hydrogens is 440 g/mol. The summed E-state index contributed by atoms with van der Waals surface area (Å²) >= 11 is 10.4. The van der Waals surface area contributed by atoms with Crippen molar-refractivity contribution in [2.24, 2.45) is 0 Å². The van der Waals surface area contributed by atoms with Crippen LogP contribution in [0.25, 0.3) is 0 Å². The first-order valence-corrected chi connectivity index (χ1v) is 8.49. The third-order valence-electron chi connectivity index (χ3n) is 2.52. The van der Waals surface area contributed by atoms with E-state index in [9.17, 15) is 4.79 Å². The van der Waals surface area contributed by atoms with Crippen LogP contribution in [-0.2, 0) is 0 Å². The normalized spacial score (nSPS) is 13.1. The Labute approximate surface area is 139 Å². The average molecular weight is 457 g/mol. The number of amides is 1. The van der Waals surface area contributed by atoms with Gasteiger partial charge in [0.05, 0.1) is 0 Å². The van der Waals surface area contributed by atoms with Crippen LogP contribution in [0.4, 0.5) is 0 Å². The number of alkyl halides is 3. The topological polar surface area (TPSA) is 41.1 Å². The highest BCUT2D eigenvalue weighted by Crippen LogP contribution is 2.36. The Morgan fingerprint density at radius 2 is 1.89 bits per heavy atom. The summed E-state index contributed by atoms with van der Waals surface area (Å²) < 4.78 is -0.578. The van der Waals surface area contributed by atoms with Crippen molar-refractivity contribution in [3.05, 3.63) is 35.9 Å². The summed E-state index contributed by atoms with van der Waals surface area (Å²) in [5.41, 5.74) is 0.640. The van der Waals surface area contributed by atoms with Gasteiger partial charge in [-0.2, -0.15) is 0 Å². The molecule has 0 bridgehead atoms. The van der Waals surface area contributed by atoms with Crippen LogP contribution in [0.5, 0.6) is 0 Å². The fourth-order valence-corrected chi connectivity index (χ4v) is 2.30. The Morgan fingerprint density at radius 3 is 2.42 bits per heavy atom. The highest BCUT2D eigenvalue weighted by Gasteiger charge is 2.31. The number of benzene rings is 1. The number of unbranched alkanes of at least 4 members (excludes halogenated alkanes) is 1. The summed E-state index contributed by atoms with van der Waals surface area (Å²) in [6.45, 7) is 2.96. The van der Waals surface area contributed by atoms with E-state index in [1.165, 1.54) is 0 Å². The Balaban J connectivity index is 2.64. The van der Waals surface area contributed by atoms with E-state index >= 15 is 0 Å². The minimum Gasteiger partial charge on any atom is -0.334 e. The number of halogens is 3. The van der Waals surface area contributed by atoms with Gasteiger partial charge in [0.2, 0.25) is 0 Å². The predicted molar refractivity (Wildman–Crippen MR) is 90.1 cm³/mol. The third-order valence-corrected chi connectivity index (χ3v) is 3.89.